The van der Waals surface area contributed by atoms with Crippen molar-refractivity contribution in [3.05, 3.63) is 52.7 Å². The minimum absolute atomic E-state index is 0.313. The van der Waals surface area contributed by atoms with Gasteiger partial charge in [-0.1, -0.05) is 17.7 Å². The number of nitrogen functional groups attached to an aromatic ring is 1. The standard InChI is InChI=1S/C13H9ClFN3S/c14-12-5-4-11(19-12)13-10(16)7-18(17-13)9-3-1-2-8(15)6-9/h1-7H,16H2. The molecule has 0 aliphatic rings. The summed E-state index contributed by atoms with van der Waals surface area (Å²) >= 11 is 7.30. The Hall–Kier alpha value is -1.85. The van der Waals surface area contributed by atoms with Gasteiger partial charge in [0.05, 0.1) is 26.8 Å². The van der Waals surface area contributed by atoms with E-state index < -0.39 is 0 Å². The van der Waals surface area contributed by atoms with E-state index in [0.717, 1.165) is 4.88 Å². The first-order valence-electron chi connectivity index (χ1n) is 5.50. The number of benzene rings is 1. The lowest BCUT2D eigenvalue weighted by Gasteiger charge is -2.00. The first-order chi connectivity index (χ1) is 9.13. The van der Waals surface area contributed by atoms with Crippen LogP contribution in [0.4, 0.5) is 10.1 Å². The molecule has 2 heterocycles. The number of rotatable bonds is 2. The van der Waals surface area contributed by atoms with Crippen LogP contribution >= 0.6 is 22.9 Å². The van der Waals surface area contributed by atoms with Crippen LogP contribution in [0.15, 0.2) is 42.6 Å². The van der Waals surface area contributed by atoms with Crippen molar-refractivity contribution in [3.8, 4) is 16.3 Å². The van der Waals surface area contributed by atoms with Crippen molar-refractivity contribution in [2.24, 2.45) is 0 Å². The van der Waals surface area contributed by atoms with Crippen LogP contribution in [0.5, 0.6) is 0 Å². The Labute approximate surface area is 118 Å². The number of halogens is 2. The first kappa shape index (κ1) is 12.2. The molecule has 0 saturated heterocycles. The molecule has 0 spiro atoms. The molecule has 1 aromatic carbocycles. The second-order valence-electron chi connectivity index (χ2n) is 3.96. The quantitative estimate of drug-likeness (QED) is 0.777. The monoisotopic (exact) mass is 293 g/mol. The molecule has 0 unspecified atom stereocenters. The molecular formula is C13H9ClFN3S. The molecule has 96 valence electrons. The van der Waals surface area contributed by atoms with Crippen LogP contribution < -0.4 is 5.73 Å². The van der Waals surface area contributed by atoms with Gasteiger partial charge in [-0.3, -0.25) is 0 Å². The van der Waals surface area contributed by atoms with Crippen LogP contribution in [-0.4, -0.2) is 9.78 Å². The molecule has 0 bridgehead atoms. The van der Waals surface area contributed by atoms with Gasteiger partial charge in [0.2, 0.25) is 0 Å². The maximum atomic E-state index is 13.2. The second-order valence-corrected chi connectivity index (χ2v) is 5.68. The van der Waals surface area contributed by atoms with Gasteiger partial charge in [-0.15, -0.1) is 11.3 Å². The molecule has 2 N–H and O–H groups in total. The van der Waals surface area contributed by atoms with E-state index in [9.17, 15) is 4.39 Å². The Morgan fingerprint density at radius 3 is 2.79 bits per heavy atom. The molecule has 2 aromatic heterocycles. The molecule has 0 radical (unpaired) electrons. The Morgan fingerprint density at radius 2 is 2.11 bits per heavy atom. The minimum atomic E-state index is -0.313. The molecule has 0 aliphatic heterocycles. The van der Waals surface area contributed by atoms with Crippen LogP contribution in [0.3, 0.4) is 0 Å². The van der Waals surface area contributed by atoms with Crippen LogP contribution in [0, 0.1) is 5.82 Å². The molecule has 3 rings (SSSR count). The number of hydrogen-bond donors (Lipinski definition) is 1. The van der Waals surface area contributed by atoms with Crippen LogP contribution in [0.25, 0.3) is 16.3 Å². The molecule has 3 aromatic rings. The van der Waals surface area contributed by atoms with Crippen LogP contribution in [-0.2, 0) is 0 Å². The topological polar surface area (TPSA) is 43.8 Å². The van der Waals surface area contributed by atoms with Crippen molar-refractivity contribution < 1.29 is 4.39 Å². The molecule has 0 atom stereocenters. The second kappa shape index (κ2) is 4.68. The van der Waals surface area contributed by atoms with Crippen LogP contribution in [0.2, 0.25) is 4.34 Å². The lowest BCUT2D eigenvalue weighted by atomic mass is 10.3. The zero-order valence-electron chi connectivity index (χ0n) is 9.68. The number of nitrogens with zero attached hydrogens (tertiary/aromatic N) is 2. The smallest absolute Gasteiger partial charge is 0.126 e. The third kappa shape index (κ3) is 2.34. The summed E-state index contributed by atoms with van der Waals surface area (Å²) in [6, 6.07) is 9.84. The fourth-order valence-electron chi connectivity index (χ4n) is 1.77. The fraction of sp³-hybridized carbons (Fsp3) is 0. The average Bonchev–Trinajstić information content (AvgIpc) is 2.95. The third-order valence-electron chi connectivity index (χ3n) is 2.62. The van der Waals surface area contributed by atoms with Gasteiger partial charge >= 0.3 is 0 Å². The van der Waals surface area contributed by atoms with E-state index in [0.29, 0.717) is 21.4 Å². The third-order valence-corrected chi connectivity index (χ3v) is 3.86. The summed E-state index contributed by atoms with van der Waals surface area (Å²) < 4.78 is 15.4. The van der Waals surface area contributed by atoms with Gasteiger partial charge in [-0.05, 0) is 30.3 Å². The van der Waals surface area contributed by atoms with Crippen molar-refractivity contribution in [1.82, 2.24) is 9.78 Å². The lowest BCUT2D eigenvalue weighted by Crippen LogP contribution is -1.95. The zero-order valence-corrected chi connectivity index (χ0v) is 11.2. The number of nitrogens with two attached hydrogens (primary N) is 1. The Bertz CT molecular complexity index is 735. The summed E-state index contributed by atoms with van der Waals surface area (Å²) in [4.78, 5) is 0.887. The Balaban J connectivity index is 2.06. The van der Waals surface area contributed by atoms with E-state index in [1.54, 1.807) is 29.1 Å². The molecule has 0 aliphatic carbocycles. The van der Waals surface area contributed by atoms with Crippen molar-refractivity contribution >= 4 is 28.6 Å². The predicted octanol–water partition coefficient (Wildman–Crippen LogP) is 3.98. The van der Waals surface area contributed by atoms with Crippen molar-refractivity contribution in [1.29, 1.82) is 0 Å². The summed E-state index contributed by atoms with van der Waals surface area (Å²) in [5, 5.41) is 4.38. The Kier molecular flexibility index (Phi) is 3.00. The highest BCUT2D eigenvalue weighted by Gasteiger charge is 2.12. The highest BCUT2D eigenvalue weighted by molar-refractivity contribution is 7.19. The molecule has 0 saturated carbocycles. The summed E-state index contributed by atoms with van der Waals surface area (Å²) in [6.07, 6.45) is 1.66. The van der Waals surface area contributed by atoms with Crippen molar-refractivity contribution in [2.45, 2.75) is 0 Å². The van der Waals surface area contributed by atoms with Gasteiger partial charge in [0.1, 0.15) is 11.5 Å². The van der Waals surface area contributed by atoms with Gasteiger partial charge in [0.25, 0.3) is 0 Å². The van der Waals surface area contributed by atoms with E-state index in [1.165, 1.54) is 23.5 Å². The largest absolute Gasteiger partial charge is 0.396 e. The normalized spacial score (nSPS) is 10.8. The summed E-state index contributed by atoms with van der Waals surface area (Å²) in [6.45, 7) is 0. The molecule has 0 fully saturated rings. The van der Waals surface area contributed by atoms with Gasteiger partial charge < -0.3 is 5.73 Å². The number of aromatic nitrogens is 2. The minimum Gasteiger partial charge on any atom is -0.396 e. The van der Waals surface area contributed by atoms with Gasteiger partial charge in [0.15, 0.2) is 0 Å². The number of anilines is 1. The number of hydrogen-bond acceptors (Lipinski definition) is 3. The van der Waals surface area contributed by atoms with E-state index in [2.05, 4.69) is 5.10 Å². The van der Waals surface area contributed by atoms with Crippen molar-refractivity contribution in [3.63, 3.8) is 0 Å². The molecular weight excluding hydrogens is 285 g/mol. The van der Waals surface area contributed by atoms with E-state index in [4.69, 9.17) is 17.3 Å². The van der Waals surface area contributed by atoms with Gasteiger partial charge in [-0.2, -0.15) is 5.10 Å². The van der Waals surface area contributed by atoms with Gasteiger partial charge in [-0.25, -0.2) is 9.07 Å². The molecule has 0 amide bonds. The predicted molar refractivity (Wildman–Crippen MR) is 76.3 cm³/mol. The zero-order chi connectivity index (χ0) is 13.4. The Morgan fingerprint density at radius 1 is 1.26 bits per heavy atom. The summed E-state index contributed by atoms with van der Waals surface area (Å²) in [5.41, 5.74) is 7.75. The maximum absolute atomic E-state index is 13.2. The lowest BCUT2D eigenvalue weighted by molar-refractivity contribution is 0.625. The SMILES string of the molecule is Nc1cn(-c2cccc(F)c2)nc1-c1ccc(Cl)s1. The molecule has 6 heteroatoms. The molecule has 3 nitrogen and oxygen atoms in total. The fourth-order valence-corrected chi connectivity index (χ4v) is 2.82. The number of thiophene rings is 1. The summed E-state index contributed by atoms with van der Waals surface area (Å²) in [5.74, 6) is -0.313. The molecule has 19 heavy (non-hydrogen) atoms. The van der Waals surface area contributed by atoms with Crippen molar-refractivity contribution in [2.75, 3.05) is 5.73 Å². The van der Waals surface area contributed by atoms with Crippen LogP contribution in [0.1, 0.15) is 0 Å². The highest BCUT2D eigenvalue weighted by Crippen LogP contribution is 2.33. The average molecular weight is 294 g/mol. The van der Waals surface area contributed by atoms with Gasteiger partial charge in [0, 0.05) is 0 Å². The maximum Gasteiger partial charge on any atom is 0.126 e. The van der Waals surface area contributed by atoms with E-state index in [-0.39, 0.29) is 5.82 Å². The summed E-state index contributed by atoms with van der Waals surface area (Å²) in [7, 11) is 0. The first-order valence-corrected chi connectivity index (χ1v) is 6.70. The van der Waals surface area contributed by atoms with E-state index >= 15 is 0 Å². The highest BCUT2D eigenvalue weighted by atomic mass is 35.5. The van der Waals surface area contributed by atoms with E-state index in [1.807, 2.05) is 6.07 Å².